The van der Waals surface area contributed by atoms with Crippen LogP contribution in [0, 0.1) is 4.91 Å². The van der Waals surface area contributed by atoms with Gasteiger partial charge >= 0.3 is 29.6 Å². The molecule has 2 aromatic rings. The SMILES string of the molecule is O=NNc1nc2c(Cl)cccc2s1.[Na+]. The number of thiazole rings is 1. The Morgan fingerprint density at radius 2 is 2.29 bits per heavy atom. The largest absolute Gasteiger partial charge is 1.00 e. The fourth-order valence-corrected chi connectivity index (χ4v) is 2.10. The van der Waals surface area contributed by atoms with Crippen LogP contribution >= 0.6 is 22.9 Å². The van der Waals surface area contributed by atoms with Gasteiger partial charge in [-0.25, -0.2) is 10.4 Å². The van der Waals surface area contributed by atoms with E-state index in [0.717, 1.165) is 4.70 Å². The van der Waals surface area contributed by atoms with Crippen LogP contribution in [-0.4, -0.2) is 4.98 Å². The first kappa shape index (κ1) is 11.9. The van der Waals surface area contributed by atoms with Crippen molar-refractivity contribution in [2.45, 2.75) is 0 Å². The molecule has 0 saturated carbocycles. The fraction of sp³-hybridized carbons (Fsp3) is 0. The molecule has 1 aromatic carbocycles. The minimum atomic E-state index is 0. The summed E-state index contributed by atoms with van der Waals surface area (Å²) < 4.78 is 0.929. The summed E-state index contributed by atoms with van der Waals surface area (Å²) in [7, 11) is 0. The molecule has 66 valence electrons. The maximum Gasteiger partial charge on any atom is 1.00 e. The molecule has 0 radical (unpaired) electrons. The Balaban J connectivity index is 0.000000980. The molecule has 0 bridgehead atoms. The van der Waals surface area contributed by atoms with Gasteiger partial charge in [-0.15, -0.1) is 4.91 Å². The first-order chi connectivity index (χ1) is 6.31. The van der Waals surface area contributed by atoms with Crippen molar-refractivity contribution in [3.63, 3.8) is 0 Å². The predicted octanol–water partition coefficient (Wildman–Crippen LogP) is 0.0470. The van der Waals surface area contributed by atoms with Crippen LogP contribution in [0.15, 0.2) is 23.5 Å². The summed E-state index contributed by atoms with van der Waals surface area (Å²) in [5, 5.41) is 3.57. The van der Waals surface area contributed by atoms with Gasteiger partial charge in [-0.05, 0) is 12.1 Å². The maximum absolute atomic E-state index is 9.91. The number of anilines is 1. The molecule has 0 atom stereocenters. The summed E-state index contributed by atoms with van der Waals surface area (Å²) >= 11 is 7.21. The number of nitrogens with zero attached hydrogens (tertiary/aromatic N) is 2. The van der Waals surface area contributed by atoms with Gasteiger partial charge in [0.2, 0.25) is 5.13 Å². The van der Waals surface area contributed by atoms with Crippen LogP contribution in [0.3, 0.4) is 0 Å². The van der Waals surface area contributed by atoms with Gasteiger partial charge in [0.1, 0.15) is 5.52 Å². The van der Waals surface area contributed by atoms with Crippen molar-refractivity contribution in [2.24, 2.45) is 5.29 Å². The first-order valence-corrected chi connectivity index (χ1v) is 4.64. The normalized spacial score (nSPS) is 9.50. The van der Waals surface area contributed by atoms with Crippen LogP contribution in [0.1, 0.15) is 0 Å². The van der Waals surface area contributed by atoms with Gasteiger partial charge in [0, 0.05) is 0 Å². The monoisotopic (exact) mass is 236 g/mol. The minimum absolute atomic E-state index is 0. The number of aromatic nitrogens is 1. The standard InChI is InChI=1S/C7H4ClN3OS.Na/c8-4-2-1-3-5-6(4)9-7(13-5)10-11-12;/h1-3H,(H,9,10,12);/q;+1. The van der Waals surface area contributed by atoms with Crippen molar-refractivity contribution in [2.75, 3.05) is 5.43 Å². The average molecular weight is 237 g/mol. The Morgan fingerprint density at radius 1 is 1.50 bits per heavy atom. The molecule has 0 aliphatic rings. The molecule has 1 aromatic heterocycles. The van der Waals surface area contributed by atoms with Crippen LogP contribution in [0.4, 0.5) is 5.13 Å². The number of halogens is 1. The van der Waals surface area contributed by atoms with Crippen LogP contribution in [0.25, 0.3) is 10.2 Å². The quantitative estimate of drug-likeness (QED) is 0.455. The number of nitroso groups, excluding NO2 is 1. The van der Waals surface area contributed by atoms with E-state index in [2.05, 4.69) is 15.7 Å². The number of nitrogens with one attached hydrogen (secondary N) is 1. The van der Waals surface area contributed by atoms with Crippen molar-refractivity contribution in [1.82, 2.24) is 4.98 Å². The van der Waals surface area contributed by atoms with Crippen LogP contribution < -0.4 is 35.0 Å². The number of hydrogen-bond donors (Lipinski definition) is 1. The number of rotatable bonds is 2. The molecule has 1 heterocycles. The Bertz CT molecular complexity index is 461. The van der Waals surface area contributed by atoms with E-state index in [0.29, 0.717) is 15.7 Å². The molecule has 14 heavy (non-hydrogen) atoms. The van der Waals surface area contributed by atoms with E-state index in [1.165, 1.54) is 11.3 Å². The average Bonchev–Trinajstić information content (AvgIpc) is 2.49. The molecule has 0 aliphatic heterocycles. The van der Waals surface area contributed by atoms with Gasteiger partial charge in [-0.3, -0.25) is 0 Å². The number of para-hydroxylation sites is 1. The van der Waals surface area contributed by atoms with E-state index in [4.69, 9.17) is 11.6 Å². The van der Waals surface area contributed by atoms with Gasteiger partial charge in [0.05, 0.1) is 15.0 Å². The van der Waals surface area contributed by atoms with E-state index in [-0.39, 0.29) is 29.6 Å². The molecule has 0 fully saturated rings. The molecule has 1 N–H and O–H groups in total. The van der Waals surface area contributed by atoms with Gasteiger partial charge in [-0.1, -0.05) is 29.0 Å². The molecule has 7 heteroatoms. The zero-order valence-electron chi connectivity index (χ0n) is 7.32. The molecule has 4 nitrogen and oxygen atoms in total. The number of fused-ring (bicyclic) bond motifs is 1. The van der Waals surface area contributed by atoms with E-state index >= 15 is 0 Å². The van der Waals surface area contributed by atoms with Gasteiger partial charge < -0.3 is 0 Å². The second-order valence-electron chi connectivity index (χ2n) is 2.31. The maximum atomic E-state index is 9.91. The topological polar surface area (TPSA) is 54.4 Å². The third-order valence-corrected chi connectivity index (χ3v) is 2.74. The molecule has 0 spiro atoms. The summed E-state index contributed by atoms with van der Waals surface area (Å²) in [6.07, 6.45) is 0. The predicted molar refractivity (Wildman–Crippen MR) is 54.0 cm³/mol. The van der Waals surface area contributed by atoms with E-state index < -0.39 is 0 Å². The Labute approximate surface area is 111 Å². The van der Waals surface area contributed by atoms with Crippen molar-refractivity contribution >= 4 is 38.3 Å². The van der Waals surface area contributed by atoms with E-state index in [1.54, 1.807) is 6.07 Å². The van der Waals surface area contributed by atoms with Gasteiger partial charge in [-0.2, -0.15) is 0 Å². The molecule has 0 aliphatic carbocycles. The Hall–Kier alpha value is -0.200. The summed E-state index contributed by atoms with van der Waals surface area (Å²) in [5.41, 5.74) is 2.94. The first-order valence-electron chi connectivity index (χ1n) is 3.44. The summed E-state index contributed by atoms with van der Waals surface area (Å²) in [6.45, 7) is 0. The zero-order valence-corrected chi connectivity index (χ0v) is 10.9. The molecule has 2 rings (SSSR count). The second-order valence-corrected chi connectivity index (χ2v) is 3.75. The van der Waals surface area contributed by atoms with Crippen LogP contribution in [0.2, 0.25) is 5.02 Å². The van der Waals surface area contributed by atoms with Crippen molar-refractivity contribution in [3.8, 4) is 0 Å². The van der Waals surface area contributed by atoms with E-state index in [9.17, 15) is 4.91 Å². The smallest absolute Gasteiger partial charge is 0.217 e. The van der Waals surface area contributed by atoms with Crippen molar-refractivity contribution < 1.29 is 29.6 Å². The Kier molecular flexibility index (Phi) is 4.28. The van der Waals surface area contributed by atoms with Gasteiger partial charge in [0.25, 0.3) is 0 Å². The summed E-state index contributed by atoms with van der Waals surface area (Å²) in [5.74, 6) is 0. The van der Waals surface area contributed by atoms with Crippen molar-refractivity contribution in [1.29, 1.82) is 0 Å². The summed E-state index contributed by atoms with van der Waals surface area (Å²) in [4.78, 5) is 14.0. The number of hydrogen-bond acceptors (Lipinski definition) is 4. The molecule has 0 unspecified atom stereocenters. The third kappa shape index (κ3) is 2.24. The molecule has 0 saturated heterocycles. The minimum Gasteiger partial charge on any atom is -0.217 e. The van der Waals surface area contributed by atoms with Crippen LogP contribution in [0.5, 0.6) is 0 Å². The van der Waals surface area contributed by atoms with E-state index in [1.807, 2.05) is 12.1 Å². The second kappa shape index (κ2) is 5.04. The zero-order chi connectivity index (χ0) is 9.26. The number of benzene rings is 1. The van der Waals surface area contributed by atoms with Crippen molar-refractivity contribution in [3.05, 3.63) is 28.1 Å². The van der Waals surface area contributed by atoms with Crippen LogP contribution in [-0.2, 0) is 0 Å². The fourth-order valence-electron chi connectivity index (χ4n) is 1.00. The molecule has 0 amide bonds. The molecular formula is C7H4ClN3NaOS+. The molecular weight excluding hydrogens is 233 g/mol. The Morgan fingerprint density at radius 3 is 2.93 bits per heavy atom. The summed E-state index contributed by atoms with van der Waals surface area (Å²) in [6, 6.07) is 5.47. The third-order valence-electron chi connectivity index (χ3n) is 1.51. The van der Waals surface area contributed by atoms with Gasteiger partial charge in [0.15, 0.2) is 0 Å².